The predicted molar refractivity (Wildman–Crippen MR) is 287 cm³/mol. The van der Waals surface area contributed by atoms with Crippen molar-refractivity contribution in [3.63, 3.8) is 0 Å². The van der Waals surface area contributed by atoms with E-state index in [1.165, 1.54) is 83.5 Å². The molecule has 2 aliphatic carbocycles. The average Bonchev–Trinajstić information content (AvgIpc) is 3.90. The van der Waals surface area contributed by atoms with Crippen LogP contribution in [0.25, 0.3) is 44.5 Å². The smallest absolute Gasteiger partial charge is 0.0714 e. The molecule has 0 bridgehead atoms. The highest BCUT2D eigenvalue weighted by molar-refractivity contribution is 5.99. The lowest BCUT2D eigenvalue weighted by Gasteiger charge is -2.36. The maximum absolute atomic E-state index is 2.54. The Morgan fingerprint density at radius 1 is 0.232 bits per heavy atom. The van der Waals surface area contributed by atoms with Gasteiger partial charge in [-0.25, -0.2) is 0 Å². The number of hydrogen-bond acceptors (Lipinski definition) is 1. The van der Waals surface area contributed by atoms with Gasteiger partial charge < -0.3 is 4.90 Å². The predicted octanol–water partition coefficient (Wildman–Crippen LogP) is 17.2. The molecule has 0 saturated heterocycles. The van der Waals surface area contributed by atoms with E-state index in [-0.39, 0.29) is 0 Å². The van der Waals surface area contributed by atoms with Gasteiger partial charge in [-0.2, -0.15) is 0 Å². The van der Waals surface area contributed by atoms with Gasteiger partial charge in [0, 0.05) is 16.9 Å². The lowest BCUT2D eigenvalue weighted by Crippen LogP contribution is -2.29. The Balaban J connectivity index is 1.14. The zero-order valence-electron chi connectivity index (χ0n) is 38.1. The summed E-state index contributed by atoms with van der Waals surface area (Å²) in [6.07, 6.45) is 0. The van der Waals surface area contributed by atoms with E-state index in [4.69, 9.17) is 0 Å². The van der Waals surface area contributed by atoms with Crippen molar-refractivity contribution in [2.24, 2.45) is 0 Å². The minimum atomic E-state index is -0.570. The van der Waals surface area contributed by atoms with Crippen LogP contribution in [0.4, 0.5) is 17.1 Å². The molecule has 1 nitrogen and oxygen atoms in total. The van der Waals surface area contributed by atoms with Crippen LogP contribution in [0.1, 0.15) is 44.5 Å². The molecule has 2 aliphatic rings. The van der Waals surface area contributed by atoms with Crippen molar-refractivity contribution in [2.45, 2.75) is 10.8 Å². The van der Waals surface area contributed by atoms with Gasteiger partial charge in [-0.1, -0.05) is 255 Å². The number of rotatable bonds is 9. The molecule has 1 heteroatoms. The Morgan fingerprint density at radius 2 is 0.565 bits per heavy atom. The molecule has 0 saturated carbocycles. The molecule has 324 valence electrons. The normalized spacial score (nSPS) is 13.4. The van der Waals surface area contributed by atoms with Crippen molar-refractivity contribution in [1.29, 1.82) is 0 Å². The fraction of sp³-hybridized carbons (Fsp3) is 0.0294. The highest BCUT2D eigenvalue weighted by Crippen LogP contribution is 2.60. The van der Waals surface area contributed by atoms with Gasteiger partial charge in [0.1, 0.15) is 0 Å². The van der Waals surface area contributed by atoms with E-state index in [1.54, 1.807) is 0 Å². The number of fused-ring (bicyclic) bond motifs is 6. The lowest BCUT2D eigenvalue weighted by molar-refractivity contribution is 0.767. The van der Waals surface area contributed by atoms with Gasteiger partial charge in [0.25, 0.3) is 0 Å². The van der Waals surface area contributed by atoms with Crippen LogP contribution in [0.3, 0.4) is 0 Å². The first-order valence-electron chi connectivity index (χ1n) is 24.0. The molecule has 13 rings (SSSR count). The van der Waals surface area contributed by atoms with Gasteiger partial charge in [-0.05, 0) is 114 Å². The summed E-state index contributed by atoms with van der Waals surface area (Å²) < 4.78 is 0. The third-order valence-electron chi connectivity index (χ3n) is 14.8. The first-order chi connectivity index (χ1) is 34.3. The largest absolute Gasteiger partial charge is 0.310 e. The number of nitrogens with zero attached hydrogens (tertiary/aromatic N) is 1. The van der Waals surface area contributed by atoms with Crippen molar-refractivity contribution >= 4 is 17.1 Å². The second-order valence-electron chi connectivity index (χ2n) is 18.3. The summed E-state index contributed by atoms with van der Waals surface area (Å²) in [5, 5.41) is 0. The van der Waals surface area contributed by atoms with E-state index < -0.39 is 10.8 Å². The minimum absolute atomic E-state index is 0.570. The zero-order chi connectivity index (χ0) is 45.8. The van der Waals surface area contributed by atoms with Crippen LogP contribution in [-0.2, 0) is 10.8 Å². The summed E-state index contributed by atoms with van der Waals surface area (Å²) in [4.78, 5) is 2.54. The molecule has 0 atom stereocenters. The van der Waals surface area contributed by atoms with Gasteiger partial charge in [0.15, 0.2) is 0 Å². The van der Waals surface area contributed by atoms with E-state index >= 15 is 0 Å². The summed E-state index contributed by atoms with van der Waals surface area (Å²) >= 11 is 0. The molecule has 0 fully saturated rings. The van der Waals surface area contributed by atoms with Crippen LogP contribution < -0.4 is 4.90 Å². The SMILES string of the molecule is c1ccc(-c2cccc(N(c3ccc4c(c3)C(c3ccccc3)(c3ccccc3)c3ccccc3-4)c3ccc4c(c3)C(c3ccccc3)(c3ccccc3)c3ccccc3-4)c2-c2ccccc2)cc1. The number of benzene rings is 11. The first kappa shape index (κ1) is 40.5. The van der Waals surface area contributed by atoms with Gasteiger partial charge in [-0.15, -0.1) is 0 Å². The molecule has 11 aromatic rings. The third-order valence-corrected chi connectivity index (χ3v) is 14.8. The minimum Gasteiger partial charge on any atom is -0.310 e. The topological polar surface area (TPSA) is 3.24 Å². The molecule has 0 aliphatic heterocycles. The molecule has 0 aromatic heterocycles. The van der Waals surface area contributed by atoms with Crippen molar-refractivity contribution in [2.75, 3.05) is 4.90 Å². The summed E-state index contributed by atoms with van der Waals surface area (Å²) in [6, 6.07) is 106. The van der Waals surface area contributed by atoms with E-state index in [0.29, 0.717) is 0 Å². The molecular weight excluding hydrogens is 831 g/mol. The second-order valence-corrected chi connectivity index (χ2v) is 18.3. The lowest BCUT2D eigenvalue weighted by atomic mass is 9.67. The molecule has 0 spiro atoms. The fourth-order valence-corrected chi connectivity index (χ4v) is 12.1. The fourth-order valence-electron chi connectivity index (χ4n) is 12.1. The first-order valence-corrected chi connectivity index (χ1v) is 24.0. The van der Waals surface area contributed by atoms with Gasteiger partial charge in [-0.3, -0.25) is 0 Å². The second kappa shape index (κ2) is 16.5. The Hall–Kier alpha value is -8.78. The van der Waals surface area contributed by atoms with E-state index in [1.807, 2.05) is 0 Å². The number of anilines is 3. The van der Waals surface area contributed by atoms with Crippen LogP contribution in [0.5, 0.6) is 0 Å². The average molecular weight is 878 g/mol. The maximum Gasteiger partial charge on any atom is 0.0714 e. The standard InChI is InChI=1S/C68H47N/c1-7-24-48(25-8-1)56-38-23-41-65(66(56)49-26-9-2-10-27-49)69(54-42-44-59-57-36-19-21-39-61(57)67(63(59)46-54,50-28-11-3-12-29-50)51-30-13-4-14-31-51)55-43-45-60-58-37-20-22-40-62(58)68(64(60)47-55,52-32-15-5-16-33-52)53-34-17-6-18-35-53/h1-47H. The molecule has 0 radical (unpaired) electrons. The summed E-state index contributed by atoms with van der Waals surface area (Å²) in [7, 11) is 0. The van der Waals surface area contributed by atoms with Crippen LogP contribution in [-0.4, -0.2) is 0 Å². The Bertz CT molecular complexity index is 3380. The third kappa shape index (κ3) is 6.17. The zero-order valence-corrected chi connectivity index (χ0v) is 38.1. The van der Waals surface area contributed by atoms with Crippen molar-refractivity contribution in [3.05, 3.63) is 330 Å². The molecule has 0 amide bonds. The van der Waals surface area contributed by atoms with E-state index in [0.717, 1.165) is 22.6 Å². The molecule has 11 aromatic carbocycles. The quantitative estimate of drug-likeness (QED) is 0.140. The monoisotopic (exact) mass is 877 g/mol. The summed E-state index contributed by atoms with van der Waals surface area (Å²) in [5.41, 5.74) is 21.9. The van der Waals surface area contributed by atoms with Gasteiger partial charge >= 0.3 is 0 Å². The van der Waals surface area contributed by atoms with Gasteiger partial charge in [0.2, 0.25) is 0 Å². The molecule has 0 unspecified atom stereocenters. The molecule has 69 heavy (non-hydrogen) atoms. The molecular formula is C68H47N. The highest BCUT2D eigenvalue weighted by atomic mass is 15.1. The van der Waals surface area contributed by atoms with Crippen LogP contribution in [0.15, 0.2) is 285 Å². The van der Waals surface area contributed by atoms with Crippen molar-refractivity contribution in [3.8, 4) is 44.5 Å². The Morgan fingerprint density at radius 3 is 0.986 bits per heavy atom. The van der Waals surface area contributed by atoms with E-state index in [9.17, 15) is 0 Å². The molecule has 0 N–H and O–H groups in total. The Labute approximate surface area is 404 Å². The Kier molecular flexibility index (Phi) is 9.70. The number of hydrogen-bond donors (Lipinski definition) is 0. The summed E-state index contributed by atoms with van der Waals surface area (Å²) in [6.45, 7) is 0. The maximum atomic E-state index is 2.54. The van der Waals surface area contributed by atoms with Gasteiger partial charge in [0.05, 0.1) is 16.5 Å². The van der Waals surface area contributed by atoms with Crippen molar-refractivity contribution in [1.82, 2.24) is 0 Å². The van der Waals surface area contributed by atoms with Crippen LogP contribution >= 0.6 is 0 Å². The van der Waals surface area contributed by atoms with Crippen LogP contribution in [0.2, 0.25) is 0 Å². The summed E-state index contributed by atoms with van der Waals surface area (Å²) in [5.74, 6) is 0. The van der Waals surface area contributed by atoms with Crippen molar-refractivity contribution < 1.29 is 0 Å². The van der Waals surface area contributed by atoms with Crippen LogP contribution in [0, 0.1) is 0 Å². The highest BCUT2D eigenvalue weighted by Gasteiger charge is 2.48. The van der Waals surface area contributed by atoms with E-state index in [2.05, 4.69) is 290 Å². The molecule has 0 heterocycles.